The molecule has 0 atom stereocenters. The van der Waals surface area contributed by atoms with Gasteiger partial charge in [0.1, 0.15) is 0 Å². The smallest absolute Gasteiger partial charge is 0.0698 e. The molecule has 0 unspecified atom stereocenters. The zero-order chi connectivity index (χ0) is 18.1. The third kappa shape index (κ3) is 29.8. The number of aliphatic hydroxyl groups is 2. The molecular formula is C20H45NO3. The summed E-state index contributed by atoms with van der Waals surface area (Å²) in [6.07, 6.45) is 16.9. The van der Waals surface area contributed by atoms with Gasteiger partial charge in [0.2, 0.25) is 0 Å². The lowest BCUT2D eigenvalue weighted by molar-refractivity contribution is 0.0650. The van der Waals surface area contributed by atoms with Crippen molar-refractivity contribution < 1.29 is 14.9 Å². The van der Waals surface area contributed by atoms with E-state index in [0.29, 0.717) is 13.2 Å². The molecule has 0 radical (unpaired) electrons. The van der Waals surface area contributed by atoms with Gasteiger partial charge in [0, 0.05) is 0 Å². The lowest BCUT2D eigenvalue weighted by Crippen LogP contribution is -2.16. The summed E-state index contributed by atoms with van der Waals surface area (Å²) in [5.41, 5.74) is 0. The number of ether oxygens (including phenoxy) is 1. The van der Waals surface area contributed by atoms with Crippen molar-refractivity contribution in [1.29, 1.82) is 0 Å². The summed E-state index contributed by atoms with van der Waals surface area (Å²) in [6, 6.07) is 0. The first-order valence-electron chi connectivity index (χ1n) is 10.3. The van der Waals surface area contributed by atoms with E-state index >= 15 is 0 Å². The maximum atomic E-state index is 8.09. The molecule has 0 fully saturated rings. The van der Waals surface area contributed by atoms with Crippen LogP contribution in [0.2, 0.25) is 0 Å². The second-order valence-corrected chi connectivity index (χ2v) is 6.35. The first kappa shape index (κ1) is 26.1. The summed E-state index contributed by atoms with van der Waals surface area (Å²) in [4.78, 5) is 0. The minimum Gasteiger partial charge on any atom is -0.394 e. The van der Waals surface area contributed by atoms with Gasteiger partial charge in [0.05, 0.1) is 26.4 Å². The molecule has 0 heterocycles. The van der Waals surface area contributed by atoms with Crippen molar-refractivity contribution >= 4 is 0 Å². The van der Waals surface area contributed by atoms with Crippen LogP contribution < -0.4 is 5.32 Å². The third-order valence-corrected chi connectivity index (χ3v) is 3.89. The molecule has 0 spiro atoms. The monoisotopic (exact) mass is 347 g/mol. The van der Waals surface area contributed by atoms with Gasteiger partial charge in [-0.25, -0.2) is 0 Å². The second kappa shape index (κ2) is 27.7. The quantitative estimate of drug-likeness (QED) is 0.324. The number of hydrogen-bond donors (Lipinski definition) is 3. The Balaban J connectivity index is 0. The average Bonchev–Trinajstić information content (AvgIpc) is 2.60. The van der Waals surface area contributed by atoms with Crippen LogP contribution in [0.1, 0.15) is 90.9 Å². The fraction of sp³-hybridized carbons (Fsp3) is 1.00. The zero-order valence-corrected chi connectivity index (χ0v) is 16.5. The minimum absolute atomic E-state index is 0.0278. The van der Waals surface area contributed by atoms with Crippen LogP contribution in [0.5, 0.6) is 0 Å². The van der Waals surface area contributed by atoms with Crippen LogP contribution in [-0.2, 0) is 4.74 Å². The number of hydrogen-bond acceptors (Lipinski definition) is 4. The van der Waals surface area contributed by atoms with Gasteiger partial charge in [0.25, 0.3) is 0 Å². The molecule has 0 amide bonds. The van der Waals surface area contributed by atoms with E-state index in [1.807, 2.05) is 0 Å². The molecule has 0 saturated carbocycles. The van der Waals surface area contributed by atoms with E-state index < -0.39 is 0 Å². The van der Waals surface area contributed by atoms with Crippen molar-refractivity contribution in [3.63, 3.8) is 0 Å². The first-order chi connectivity index (χ1) is 11.8. The predicted octanol–water partition coefficient (Wildman–Crippen LogP) is 4.28. The Hall–Kier alpha value is -0.160. The Morgan fingerprint density at radius 2 is 0.958 bits per heavy atom. The van der Waals surface area contributed by atoms with Crippen LogP contribution in [0.25, 0.3) is 0 Å². The molecule has 0 aromatic carbocycles. The summed E-state index contributed by atoms with van der Waals surface area (Å²) in [5, 5.41) is 19.7. The largest absolute Gasteiger partial charge is 0.394 e. The molecule has 0 aromatic rings. The van der Waals surface area contributed by atoms with E-state index in [1.54, 1.807) is 0 Å². The summed E-state index contributed by atoms with van der Waals surface area (Å²) in [7, 11) is 0. The van der Waals surface area contributed by atoms with Crippen LogP contribution in [0.15, 0.2) is 0 Å². The third-order valence-electron chi connectivity index (χ3n) is 3.89. The van der Waals surface area contributed by atoms with Gasteiger partial charge < -0.3 is 20.3 Å². The van der Waals surface area contributed by atoms with Crippen molar-refractivity contribution in [3.8, 4) is 0 Å². The molecule has 3 N–H and O–H groups in total. The predicted molar refractivity (Wildman–Crippen MR) is 105 cm³/mol. The second-order valence-electron chi connectivity index (χ2n) is 6.35. The van der Waals surface area contributed by atoms with E-state index in [1.165, 1.54) is 90.1 Å². The highest BCUT2D eigenvalue weighted by Gasteiger charge is 1.92. The maximum absolute atomic E-state index is 8.09. The fourth-order valence-corrected chi connectivity index (χ4v) is 2.42. The van der Waals surface area contributed by atoms with E-state index in [9.17, 15) is 0 Å². The molecule has 148 valence electrons. The number of aliphatic hydroxyl groups excluding tert-OH is 2. The summed E-state index contributed by atoms with van der Waals surface area (Å²) in [5.74, 6) is 0. The molecule has 0 aliphatic rings. The number of unbranched alkanes of at least 4 members (excludes halogenated alkanes) is 10. The Kier molecular flexibility index (Phi) is 30.1. The van der Waals surface area contributed by atoms with Gasteiger partial charge in [-0.2, -0.15) is 0 Å². The van der Waals surface area contributed by atoms with Gasteiger partial charge in [-0.05, 0) is 25.9 Å². The van der Waals surface area contributed by atoms with Gasteiger partial charge in [-0.1, -0.05) is 78.1 Å². The van der Waals surface area contributed by atoms with E-state index in [0.717, 1.165) is 0 Å². The van der Waals surface area contributed by atoms with E-state index in [2.05, 4.69) is 23.9 Å². The summed E-state index contributed by atoms with van der Waals surface area (Å²) in [6.45, 7) is 7.73. The Labute approximate surface area is 151 Å². The Morgan fingerprint density at radius 3 is 1.33 bits per heavy atom. The molecule has 0 saturated heterocycles. The SMILES string of the molecule is CCCCCCCCNCCCCCCCC.OCCOCCO. The molecule has 0 aliphatic carbocycles. The van der Waals surface area contributed by atoms with Gasteiger partial charge in [-0.15, -0.1) is 0 Å². The number of nitrogens with one attached hydrogen (secondary N) is 1. The summed E-state index contributed by atoms with van der Waals surface area (Å²) >= 11 is 0. The molecule has 0 aliphatic heterocycles. The van der Waals surface area contributed by atoms with Crippen LogP contribution >= 0.6 is 0 Å². The topological polar surface area (TPSA) is 61.7 Å². The van der Waals surface area contributed by atoms with Crippen LogP contribution in [-0.4, -0.2) is 49.7 Å². The van der Waals surface area contributed by atoms with E-state index in [4.69, 9.17) is 10.2 Å². The van der Waals surface area contributed by atoms with Crippen molar-refractivity contribution in [2.45, 2.75) is 90.9 Å². The van der Waals surface area contributed by atoms with E-state index in [-0.39, 0.29) is 13.2 Å². The van der Waals surface area contributed by atoms with Crippen LogP contribution in [0.4, 0.5) is 0 Å². The van der Waals surface area contributed by atoms with Gasteiger partial charge in [0.15, 0.2) is 0 Å². The zero-order valence-electron chi connectivity index (χ0n) is 16.5. The van der Waals surface area contributed by atoms with Gasteiger partial charge >= 0.3 is 0 Å². The minimum atomic E-state index is 0.0278. The lowest BCUT2D eigenvalue weighted by atomic mass is 10.1. The highest BCUT2D eigenvalue weighted by atomic mass is 16.5. The van der Waals surface area contributed by atoms with Crippen molar-refractivity contribution in [2.75, 3.05) is 39.5 Å². The maximum Gasteiger partial charge on any atom is 0.0698 e. The average molecular weight is 348 g/mol. The van der Waals surface area contributed by atoms with Gasteiger partial charge in [-0.3, -0.25) is 0 Å². The lowest BCUT2D eigenvalue weighted by Gasteiger charge is -2.04. The van der Waals surface area contributed by atoms with Crippen molar-refractivity contribution in [1.82, 2.24) is 5.32 Å². The first-order valence-corrected chi connectivity index (χ1v) is 10.3. The normalized spacial score (nSPS) is 10.5. The fourth-order valence-electron chi connectivity index (χ4n) is 2.42. The Bertz CT molecular complexity index is 174. The van der Waals surface area contributed by atoms with Crippen molar-refractivity contribution in [2.24, 2.45) is 0 Å². The molecule has 4 heteroatoms. The molecule has 0 aromatic heterocycles. The van der Waals surface area contributed by atoms with Crippen molar-refractivity contribution in [3.05, 3.63) is 0 Å². The molecule has 0 bridgehead atoms. The molecule has 4 nitrogen and oxygen atoms in total. The Morgan fingerprint density at radius 1 is 0.583 bits per heavy atom. The highest BCUT2D eigenvalue weighted by Crippen LogP contribution is 2.05. The number of rotatable bonds is 18. The highest BCUT2D eigenvalue weighted by molar-refractivity contribution is 4.51. The molecule has 0 rings (SSSR count). The standard InChI is InChI=1S/C16H35N.C4H10O3/c1-3-5-7-9-11-13-15-17-16-14-12-10-8-6-4-2;5-1-3-7-4-2-6/h17H,3-16H2,1-2H3;5-6H,1-4H2. The van der Waals surface area contributed by atoms with Crippen LogP contribution in [0, 0.1) is 0 Å². The van der Waals surface area contributed by atoms with Crippen LogP contribution in [0.3, 0.4) is 0 Å². The molecule has 24 heavy (non-hydrogen) atoms. The summed E-state index contributed by atoms with van der Waals surface area (Å²) < 4.78 is 4.63. The molecular weight excluding hydrogens is 302 g/mol.